The first kappa shape index (κ1) is 37.7. The van der Waals surface area contributed by atoms with Gasteiger partial charge in [-0.15, -0.1) is 0 Å². The van der Waals surface area contributed by atoms with Crippen LogP contribution in [0.15, 0.2) is 231 Å². The highest BCUT2D eigenvalue weighted by Crippen LogP contribution is 2.52. The Bertz CT molecular complexity index is 3090. The predicted octanol–water partition coefficient (Wildman–Crippen LogP) is 14.4. The standard InChI is InChI=1S/C58H38FN3O/c59-50-36-46(45-33-34-52-51-23-13-14-24-53(51)58(63-54(52)38-45,48-19-9-3-10-20-48)49-21-11-4-12-22-49)35-47(37-50)57-61-55(43-29-25-41(26-30-43)39-15-5-1-6-16-39)60-56(62-57)44-31-27-42(28-32-44)40-17-7-2-8-18-40/h1-38H. The van der Waals surface area contributed by atoms with E-state index in [1.165, 1.54) is 6.07 Å². The zero-order valence-electron chi connectivity index (χ0n) is 34.1. The van der Waals surface area contributed by atoms with Crippen LogP contribution in [-0.4, -0.2) is 15.0 Å². The first-order valence-electron chi connectivity index (χ1n) is 21.0. The number of benzene rings is 9. The van der Waals surface area contributed by atoms with Gasteiger partial charge in [0.15, 0.2) is 23.1 Å². The molecular weight excluding hydrogens is 774 g/mol. The Balaban J connectivity index is 1.02. The van der Waals surface area contributed by atoms with Crippen LogP contribution in [0.25, 0.3) is 78.7 Å². The Kier molecular flexibility index (Phi) is 9.55. The molecule has 1 aromatic heterocycles. The number of rotatable bonds is 8. The van der Waals surface area contributed by atoms with E-state index >= 15 is 4.39 Å². The van der Waals surface area contributed by atoms with Crippen molar-refractivity contribution in [3.63, 3.8) is 0 Å². The number of hydrogen-bond acceptors (Lipinski definition) is 4. The molecule has 0 N–H and O–H groups in total. The van der Waals surface area contributed by atoms with Gasteiger partial charge < -0.3 is 4.74 Å². The highest BCUT2D eigenvalue weighted by Gasteiger charge is 2.44. The molecule has 1 aliphatic heterocycles. The zero-order valence-corrected chi connectivity index (χ0v) is 34.1. The maximum atomic E-state index is 16.1. The van der Waals surface area contributed by atoms with Gasteiger partial charge in [-0.2, -0.15) is 0 Å². The highest BCUT2D eigenvalue weighted by molar-refractivity contribution is 5.83. The number of aromatic nitrogens is 3. The van der Waals surface area contributed by atoms with E-state index in [0.717, 1.165) is 66.8 Å². The summed E-state index contributed by atoms with van der Waals surface area (Å²) < 4.78 is 23.4. The minimum Gasteiger partial charge on any atom is -0.472 e. The summed E-state index contributed by atoms with van der Waals surface area (Å²) in [7, 11) is 0. The minimum absolute atomic E-state index is 0.366. The van der Waals surface area contributed by atoms with Crippen molar-refractivity contribution in [2.75, 3.05) is 0 Å². The van der Waals surface area contributed by atoms with Crippen LogP contribution in [0.3, 0.4) is 0 Å². The third kappa shape index (κ3) is 7.05. The molecular formula is C58H38FN3O. The van der Waals surface area contributed by atoms with Gasteiger partial charge in [0.2, 0.25) is 0 Å². The lowest BCUT2D eigenvalue weighted by molar-refractivity contribution is 0.152. The van der Waals surface area contributed by atoms with Gasteiger partial charge in [-0.1, -0.05) is 206 Å². The van der Waals surface area contributed by atoms with E-state index in [-0.39, 0.29) is 0 Å². The first-order chi connectivity index (χ1) is 31.1. The van der Waals surface area contributed by atoms with Gasteiger partial charge >= 0.3 is 0 Å². The molecule has 0 amide bonds. The molecule has 0 saturated heterocycles. The van der Waals surface area contributed by atoms with E-state index in [0.29, 0.717) is 34.3 Å². The van der Waals surface area contributed by atoms with Crippen molar-refractivity contribution in [2.24, 2.45) is 0 Å². The Hall–Kier alpha value is -8.28. The van der Waals surface area contributed by atoms with Crippen LogP contribution in [-0.2, 0) is 5.60 Å². The normalized spacial score (nSPS) is 12.5. The van der Waals surface area contributed by atoms with Crippen LogP contribution in [0.2, 0.25) is 0 Å². The third-order valence-corrected chi connectivity index (χ3v) is 11.8. The van der Waals surface area contributed by atoms with E-state index in [9.17, 15) is 0 Å². The fourth-order valence-corrected chi connectivity index (χ4v) is 8.73. The van der Waals surface area contributed by atoms with Crippen molar-refractivity contribution in [1.82, 2.24) is 15.0 Å². The number of ether oxygens (including phenoxy) is 1. The summed E-state index contributed by atoms with van der Waals surface area (Å²) in [6.07, 6.45) is 0. The second kappa shape index (κ2) is 16.0. The van der Waals surface area contributed by atoms with Gasteiger partial charge in [0.25, 0.3) is 0 Å². The quantitative estimate of drug-likeness (QED) is 0.153. The SMILES string of the molecule is Fc1cc(-c2ccc3c(c2)OC(c2ccccc2)(c2ccccc2)c2ccccc2-3)cc(-c2nc(-c3ccc(-c4ccccc4)cc3)nc(-c3ccc(-c4ccccc4)cc3)n2)c1. The molecule has 9 aromatic carbocycles. The summed E-state index contributed by atoms with van der Waals surface area (Å²) in [5.74, 6) is 1.65. The molecule has 0 bridgehead atoms. The molecule has 0 atom stereocenters. The Morgan fingerprint density at radius 3 is 1.27 bits per heavy atom. The molecule has 11 rings (SSSR count). The number of fused-ring (bicyclic) bond motifs is 3. The van der Waals surface area contributed by atoms with Gasteiger partial charge in [0.05, 0.1) is 0 Å². The Labute approximate surface area is 365 Å². The van der Waals surface area contributed by atoms with Gasteiger partial charge in [0, 0.05) is 38.9 Å². The fraction of sp³-hybridized carbons (Fsp3) is 0.0172. The van der Waals surface area contributed by atoms with Crippen LogP contribution in [0.4, 0.5) is 4.39 Å². The fourth-order valence-electron chi connectivity index (χ4n) is 8.73. The van der Waals surface area contributed by atoms with Crippen LogP contribution < -0.4 is 4.74 Å². The van der Waals surface area contributed by atoms with Crippen LogP contribution in [0.1, 0.15) is 16.7 Å². The van der Waals surface area contributed by atoms with Crippen molar-refractivity contribution in [3.8, 4) is 84.4 Å². The smallest absolute Gasteiger partial charge is 0.185 e. The lowest BCUT2D eigenvalue weighted by Crippen LogP contribution is -2.38. The molecule has 0 aliphatic carbocycles. The molecule has 4 nitrogen and oxygen atoms in total. The van der Waals surface area contributed by atoms with Crippen molar-refractivity contribution in [3.05, 3.63) is 253 Å². The van der Waals surface area contributed by atoms with Crippen molar-refractivity contribution >= 4 is 0 Å². The van der Waals surface area contributed by atoms with Crippen molar-refractivity contribution < 1.29 is 9.13 Å². The first-order valence-corrected chi connectivity index (χ1v) is 21.0. The number of hydrogen-bond donors (Lipinski definition) is 0. The molecule has 0 fully saturated rings. The average Bonchev–Trinajstić information content (AvgIpc) is 3.36. The Morgan fingerprint density at radius 1 is 0.317 bits per heavy atom. The summed E-state index contributed by atoms with van der Waals surface area (Å²) >= 11 is 0. The molecule has 5 heteroatoms. The van der Waals surface area contributed by atoms with E-state index in [1.54, 1.807) is 6.07 Å². The minimum atomic E-state index is -0.923. The van der Waals surface area contributed by atoms with E-state index < -0.39 is 11.4 Å². The van der Waals surface area contributed by atoms with Gasteiger partial charge in [-0.3, -0.25) is 0 Å². The van der Waals surface area contributed by atoms with Gasteiger partial charge in [-0.05, 0) is 63.2 Å². The number of halogens is 1. The molecule has 1 aliphatic rings. The monoisotopic (exact) mass is 811 g/mol. The second-order valence-electron chi connectivity index (χ2n) is 15.7. The lowest BCUT2D eigenvalue weighted by atomic mass is 9.75. The van der Waals surface area contributed by atoms with Crippen LogP contribution in [0.5, 0.6) is 5.75 Å². The predicted molar refractivity (Wildman–Crippen MR) is 251 cm³/mol. The molecule has 0 unspecified atom stereocenters. The summed E-state index contributed by atoms with van der Waals surface area (Å²) in [6.45, 7) is 0. The Morgan fingerprint density at radius 2 is 0.730 bits per heavy atom. The summed E-state index contributed by atoms with van der Waals surface area (Å²) in [5.41, 5.74) is 12.3. The largest absolute Gasteiger partial charge is 0.472 e. The van der Waals surface area contributed by atoms with Crippen molar-refractivity contribution in [2.45, 2.75) is 5.60 Å². The molecule has 0 radical (unpaired) electrons. The molecule has 2 heterocycles. The highest BCUT2D eigenvalue weighted by atomic mass is 19.1. The average molecular weight is 812 g/mol. The van der Waals surface area contributed by atoms with Gasteiger partial charge in [0.1, 0.15) is 11.6 Å². The maximum absolute atomic E-state index is 16.1. The van der Waals surface area contributed by atoms with Crippen LogP contribution >= 0.6 is 0 Å². The topological polar surface area (TPSA) is 47.9 Å². The second-order valence-corrected chi connectivity index (χ2v) is 15.7. The molecule has 10 aromatic rings. The summed E-state index contributed by atoms with van der Waals surface area (Å²) in [6, 6.07) is 77.1. The van der Waals surface area contributed by atoms with E-state index in [2.05, 4.69) is 103 Å². The molecule has 63 heavy (non-hydrogen) atoms. The maximum Gasteiger partial charge on any atom is 0.185 e. The number of nitrogens with zero attached hydrogens (tertiary/aromatic N) is 3. The molecule has 298 valence electrons. The van der Waals surface area contributed by atoms with Gasteiger partial charge in [-0.25, -0.2) is 19.3 Å². The zero-order chi connectivity index (χ0) is 42.2. The summed E-state index contributed by atoms with van der Waals surface area (Å²) in [4.78, 5) is 15.0. The molecule has 0 saturated carbocycles. The lowest BCUT2D eigenvalue weighted by Gasteiger charge is -2.41. The van der Waals surface area contributed by atoms with Crippen LogP contribution in [0, 0.1) is 5.82 Å². The third-order valence-electron chi connectivity index (χ3n) is 11.8. The summed E-state index contributed by atoms with van der Waals surface area (Å²) in [5, 5.41) is 0. The van der Waals surface area contributed by atoms with E-state index in [1.807, 2.05) is 115 Å². The van der Waals surface area contributed by atoms with E-state index in [4.69, 9.17) is 19.7 Å². The van der Waals surface area contributed by atoms with Crippen molar-refractivity contribution in [1.29, 1.82) is 0 Å². The molecule has 0 spiro atoms.